The summed E-state index contributed by atoms with van der Waals surface area (Å²) < 4.78 is 15.5. The first-order chi connectivity index (χ1) is 14.9. The van der Waals surface area contributed by atoms with Crippen LogP contribution in [0.3, 0.4) is 0 Å². The van der Waals surface area contributed by atoms with Gasteiger partial charge in [0, 0.05) is 6.42 Å². The minimum Gasteiger partial charge on any atom is -0.469 e. The zero-order valence-electron chi connectivity index (χ0n) is 19.2. The van der Waals surface area contributed by atoms with Gasteiger partial charge in [-0.05, 0) is 39.7 Å². The Balaban J connectivity index is 3.08. The van der Waals surface area contributed by atoms with Crippen molar-refractivity contribution in [2.75, 3.05) is 7.11 Å². The van der Waals surface area contributed by atoms with E-state index < -0.39 is 47.7 Å². The van der Waals surface area contributed by atoms with E-state index >= 15 is 0 Å². The van der Waals surface area contributed by atoms with Crippen LogP contribution in [-0.2, 0) is 35.2 Å². The first-order valence-corrected chi connectivity index (χ1v) is 10.2. The molecule has 0 bridgehead atoms. The summed E-state index contributed by atoms with van der Waals surface area (Å²) in [6.45, 7) is 6.58. The highest BCUT2D eigenvalue weighted by molar-refractivity contribution is 6.00. The molecule has 0 fully saturated rings. The number of esters is 1. The van der Waals surface area contributed by atoms with Crippen molar-refractivity contribution >= 4 is 23.9 Å². The molecule has 3 amide bonds. The lowest BCUT2D eigenvalue weighted by Crippen LogP contribution is -2.59. The van der Waals surface area contributed by atoms with Crippen LogP contribution in [0.2, 0.25) is 0 Å². The van der Waals surface area contributed by atoms with Crippen molar-refractivity contribution in [3.8, 4) is 0 Å². The van der Waals surface area contributed by atoms with Crippen LogP contribution in [0.5, 0.6) is 0 Å². The third kappa shape index (κ3) is 8.64. The van der Waals surface area contributed by atoms with Gasteiger partial charge in [-0.3, -0.25) is 14.4 Å². The fourth-order valence-corrected chi connectivity index (χ4v) is 2.70. The Morgan fingerprint density at radius 1 is 1.09 bits per heavy atom. The summed E-state index contributed by atoms with van der Waals surface area (Å²) >= 11 is 0. The lowest BCUT2D eigenvalue weighted by molar-refractivity contribution is -0.145. The first kappa shape index (κ1) is 27.1. The minimum atomic E-state index is -1.45. The molecule has 1 rings (SSSR count). The van der Waals surface area contributed by atoms with Crippen molar-refractivity contribution in [2.24, 2.45) is 11.5 Å². The molecule has 1 aromatic rings. The van der Waals surface area contributed by atoms with Gasteiger partial charge >= 0.3 is 12.1 Å². The third-order valence-electron chi connectivity index (χ3n) is 4.46. The molecule has 0 aliphatic rings. The van der Waals surface area contributed by atoms with Gasteiger partial charge in [-0.2, -0.15) is 0 Å². The topological polar surface area (TPSA) is 151 Å². The average molecular weight is 452 g/mol. The van der Waals surface area contributed by atoms with E-state index in [0.717, 1.165) is 5.56 Å². The van der Waals surface area contributed by atoms with Crippen molar-refractivity contribution in [1.82, 2.24) is 4.90 Å². The maximum Gasteiger partial charge on any atom is 0.417 e. The molecule has 10 nitrogen and oxygen atoms in total. The summed E-state index contributed by atoms with van der Waals surface area (Å²) in [5.41, 5.74) is 11.4. The van der Waals surface area contributed by atoms with Crippen molar-refractivity contribution in [3.63, 3.8) is 0 Å². The molecule has 0 aliphatic heterocycles. The van der Waals surface area contributed by atoms with Gasteiger partial charge in [0.15, 0.2) is 0 Å². The predicted molar refractivity (Wildman–Crippen MR) is 116 cm³/mol. The summed E-state index contributed by atoms with van der Waals surface area (Å²) in [6, 6.07) is 6.50. The third-order valence-corrected chi connectivity index (χ3v) is 4.46. The van der Waals surface area contributed by atoms with Gasteiger partial charge in [0.25, 0.3) is 5.91 Å². The van der Waals surface area contributed by atoms with Gasteiger partial charge in [0.2, 0.25) is 5.91 Å². The molecule has 0 radical (unpaired) electrons. The van der Waals surface area contributed by atoms with Crippen molar-refractivity contribution in [3.05, 3.63) is 35.9 Å². The van der Waals surface area contributed by atoms with Gasteiger partial charge in [0.1, 0.15) is 17.7 Å². The number of ether oxygens (including phenoxy) is 3. The summed E-state index contributed by atoms with van der Waals surface area (Å²) in [5, 5.41) is 0. The molecule has 0 spiro atoms. The number of nitrogens with zero attached hydrogens (tertiary/aromatic N) is 1. The Bertz CT molecular complexity index is 792. The Labute approximate surface area is 188 Å². The molecule has 0 aliphatic carbocycles. The van der Waals surface area contributed by atoms with Crippen molar-refractivity contribution in [1.29, 1.82) is 0 Å². The highest BCUT2D eigenvalue weighted by Crippen LogP contribution is 2.18. The molecule has 0 saturated carbocycles. The molecule has 0 heterocycles. The number of amides is 3. The van der Waals surface area contributed by atoms with E-state index in [1.54, 1.807) is 27.7 Å². The van der Waals surface area contributed by atoms with Crippen LogP contribution in [0.4, 0.5) is 4.79 Å². The molecule has 10 heteroatoms. The Morgan fingerprint density at radius 3 is 2.19 bits per heavy atom. The number of carbonyl (C=O) groups is 4. The lowest BCUT2D eigenvalue weighted by Gasteiger charge is -2.33. The SMILES string of the molecule is COC(=O)CC[C@H](C(N)=O)N(C(=O)OC(C)(C)C)C(=O)[C@@H](N)[C@@H](C)OCc1ccccc1. The molecule has 0 unspecified atom stereocenters. The van der Waals surface area contributed by atoms with E-state index in [9.17, 15) is 19.2 Å². The van der Waals surface area contributed by atoms with Gasteiger partial charge in [-0.15, -0.1) is 0 Å². The Morgan fingerprint density at radius 2 is 1.69 bits per heavy atom. The van der Waals surface area contributed by atoms with Crippen LogP contribution in [0.1, 0.15) is 46.1 Å². The number of carbonyl (C=O) groups excluding carboxylic acids is 4. The van der Waals surface area contributed by atoms with Gasteiger partial charge in [0.05, 0.1) is 19.8 Å². The number of hydrogen-bond acceptors (Lipinski definition) is 8. The van der Waals surface area contributed by atoms with Crippen LogP contribution in [0, 0.1) is 0 Å². The zero-order chi connectivity index (χ0) is 24.5. The summed E-state index contributed by atoms with van der Waals surface area (Å²) in [7, 11) is 1.18. The number of methoxy groups -OCH3 is 1. The van der Waals surface area contributed by atoms with E-state index in [1.165, 1.54) is 7.11 Å². The van der Waals surface area contributed by atoms with Crippen LogP contribution >= 0.6 is 0 Å². The molecular weight excluding hydrogens is 418 g/mol. The fraction of sp³-hybridized carbons (Fsp3) is 0.545. The van der Waals surface area contributed by atoms with Gasteiger partial charge in [-0.25, -0.2) is 9.69 Å². The second-order valence-corrected chi connectivity index (χ2v) is 8.25. The largest absolute Gasteiger partial charge is 0.469 e. The van der Waals surface area contributed by atoms with Crippen LogP contribution in [-0.4, -0.2) is 59.7 Å². The Hall–Kier alpha value is -2.98. The monoisotopic (exact) mass is 451 g/mol. The summed E-state index contributed by atoms with van der Waals surface area (Å²) in [4.78, 5) is 50.3. The maximum atomic E-state index is 13.2. The molecule has 4 N–H and O–H groups in total. The minimum absolute atomic E-state index is 0.191. The highest BCUT2D eigenvalue weighted by Gasteiger charge is 2.40. The van der Waals surface area contributed by atoms with Crippen molar-refractivity contribution in [2.45, 2.75) is 70.9 Å². The number of primary amides is 1. The summed E-state index contributed by atoms with van der Waals surface area (Å²) in [6.07, 6.45) is -2.38. The molecule has 178 valence electrons. The average Bonchev–Trinajstić information content (AvgIpc) is 2.72. The van der Waals surface area contributed by atoms with E-state index in [-0.39, 0.29) is 19.4 Å². The second-order valence-electron chi connectivity index (χ2n) is 8.25. The predicted octanol–water partition coefficient (Wildman–Crippen LogP) is 1.49. The maximum absolute atomic E-state index is 13.2. The first-order valence-electron chi connectivity index (χ1n) is 10.2. The van der Waals surface area contributed by atoms with Crippen LogP contribution in [0.15, 0.2) is 30.3 Å². The summed E-state index contributed by atoms with van der Waals surface area (Å²) in [5.74, 6) is -2.52. The molecule has 0 aromatic heterocycles. The van der Waals surface area contributed by atoms with Gasteiger partial charge < -0.3 is 25.7 Å². The van der Waals surface area contributed by atoms with E-state index in [2.05, 4.69) is 4.74 Å². The van der Waals surface area contributed by atoms with E-state index in [4.69, 9.17) is 20.9 Å². The number of hydrogen-bond donors (Lipinski definition) is 2. The molecule has 0 saturated heterocycles. The van der Waals surface area contributed by atoms with Crippen molar-refractivity contribution < 1.29 is 33.4 Å². The van der Waals surface area contributed by atoms with Gasteiger partial charge in [-0.1, -0.05) is 30.3 Å². The highest BCUT2D eigenvalue weighted by atomic mass is 16.6. The number of imide groups is 1. The number of benzene rings is 1. The molecule has 32 heavy (non-hydrogen) atoms. The van der Waals surface area contributed by atoms with E-state index in [0.29, 0.717) is 4.90 Å². The quantitative estimate of drug-likeness (QED) is 0.508. The van der Waals surface area contributed by atoms with E-state index in [1.807, 2.05) is 30.3 Å². The van der Waals surface area contributed by atoms with Crippen LogP contribution in [0.25, 0.3) is 0 Å². The smallest absolute Gasteiger partial charge is 0.417 e. The Kier molecular flexibility index (Phi) is 10.3. The number of rotatable bonds is 10. The number of nitrogens with two attached hydrogens (primary N) is 2. The van der Waals surface area contributed by atoms with Crippen LogP contribution < -0.4 is 11.5 Å². The standard InChI is InChI=1S/C22H33N3O7/c1-14(31-13-15-9-7-6-8-10-15)18(23)20(28)25(21(29)32-22(2,3)4)16(19(24)27)11-12-17(26)30-5/h6-10,14,16,18H,11-13,23H2,1-5H3,(H2,24,27)/t14-,16-,18+/m1/s1. The lowest BCUT2D eigenvalue weighted by atomic mass is 10.1. The molecule has 1 aromatic carbocycles. The zero-order valence-corrected chi connectivity index (χ0v) is 19.2. The molecular formula is C22H33N3O7. The fourth-order valence-electron chi connectivity index (χ4n) is 2.70. The normalized spacial score (nSPS) is 14.1. The molecule has 3 atom stereocenters. The second kappa shape index (κ2) is 12.2.